The summed E-state index contributed by atoms with van der Waals surface area (Å²) in [4.78, 5) is 15.5. The van der Waals surface area contributed by atoms with Crippen LogP contribution in [-0.4, -0.2) is 26.3 Å². The van der Waals surface area contributed by atoms with Crippen molar-refractivity contribution in [1.29, 1.82) is 0 Å². The number of rotatable bonds is 5. The number of carboxylic acid groups (broad SMARTS) is 1. The molecule has 0 aliphatic rings. The van der Waals surface area contributed by atoms with Crippen molar-refractivity contribution in [3.05, 3.63) is 70.5 Å². The molecule has 4 aromatic rings. The molecule has 0 fully saturated rings. The molecule has 0 atom stereocenters. The van der Waals surface area contributed by atoms with Crippen molar-refractivity contribution >= 4 is 34.7 Å². The van der Waals surface area contributed by atoms with Crippen LogP contribution in [-0.2, 0) is 4.79 Å². The number of nitrogens with one attached hydrogen (secondary N) is 1. The highest BCUT2D eigenvalue weighted by Gasteiger charge is 2.18. The minimum absolute atomic E-state index is 0.100. The lowest BCUT2D eigenvalue weighted by Gasteiger charge is -2.03. The Morgan fingerprint density at radius 3 is 2.57 bits per heavy atom. The molecule has 2 N–H and O–H groups in total. The molecule has 7 heteroatoms. The van der Waals surface area contributed by atoms with Crippen LogP contribution in [0.3, 0.4) is 0 Å². The van der Waals surface area contributed by atoms with Crippen molar-refractivity contribution in [3.63, 3.8) is 0 Å². The van der Waals surface area contributed by atoms with Gasteiger partial charge in [-0.1, -0.05) is 48.5 Å². The average Bonchev–Trinajstić information content (AvgIpc) is 3.26. The lowest BCUT2D eigenvalue weighted by molar-refractivity contribution is -0.131. The highest BCUT2D eigenvalue weighted by atomic mass is 32.2. The van der Waals surface area contributed by atoms with Gasteiger partial charge in [-0.05, 0) is 35.9 Å². The Kier molecular flexibility index (Phi) is 4.75. The lowest BCUT2D eigenvalue weighted by Crippen LogP contribution is -1.97. The second kappa shape index (κ2) is 7.36. The van der Waals surface area contributed by atoms with Gasteiger partial charge in [-0.2, -0.15) is 0 Å². The molecule has 0 unspecified atom stereocenters. The third-order valence-electron chi connectivity index (χ3n) is 4.34. The van der Waals surface area contributed by atoms with Crippen LogP contribution in [0.25, 0.3) is 28.2 Å². The van der Waals surface area contributed by atoms with E-state index < -0.39 is 5.97 Å². The number of aryl methyl sites for hydroxylation is 2. The van der Waals surface area contributed by atoms with Crippen molar-refractivity contribution < 1.29 is 14.3 Å². The van der Waals surface area contributed by atoms with Gasteiger partial charge in [-0.3, -0.25) is 0 Å². The Labute approximate surface area is 165 Å². The minimum atomic E-state index is -1.05. The van der Waals surface area contributed by atoms with Gasteiger partial charge < -0.3 is 14.5 Å². The molecule has 6 nitrogen and oxygen atoms in total. The number of fused-ring (bicyclic) bond motifs is 1. The first-order chi connectivity index (χ1) is 13.5. The zero-order valence-corrected chi connectivity index (χ0v) is 16.1. The number of para-hydroxylation sites is 1. The van der Waals surface area contributed by atoms with Crippen molar-refractivity contribution in [2.75, 3.05) is 0 Å². The third-order valence-corrected chi connectivity index (χ3v) is 5.19. The van der Waals surface area contributed by atoms with Crippen molar-refractivity contribution in [2.24, 2.45) is 0 Å². The van der Waals surface area contributed by atoms with Gasteiger partial charge in [-0.25, -0.2) is 4.79 Å². The molecule has 28 heavy (non-hydrogen) atoms. The van der Waals surface area contributed by atoms with E-state index in [4.69, 9.17) is 4.42 Å². The van der Waals surface area contributed by atoms with E-state index in [0.717, 1.165) is 45.0 Å². The Bertz CT molecular complexity index is 1190. The van der Waals surface area contributed by atoms with E-state index >= 15 is 0 Å². The van der Waals surface area contributed by atoms with Crippen LogP contribution < -0.4 is 0 Å². The van der Waals surface area contributed by atoms with Gasteiger partial charge in [0.25, 0.3) is 5.22 Å². The van der Waals surface area contributed by atoms with Crippen LogP contribution in [0, 0.1) is 13.8 Å². The summed E-state index contributed by atoms with van der Waals surface area (Å²) in [5, 5.41) is 18.5. The van der Waals surface area contributed by atoms with Crippen molar-refractivity contribution in [2.45, 2.75) is 19.1 Å². The lowest BCUT2D eigenvalue weighted by atomic mass is 10.0. The van der Waals surface area contributed by atoms with E-state index in [1.54, 1.807) is 13.0 Å². The minimum Gasteiger partial charge on any atom is -0.477 e. The van der Waals surface area contributed by atoms with Gasteiger partial charge >= 0.3 is 5.97 Å². The van der Waals surface area contributed by atoms with E-state index in [9.17, 15) is 9.90 Å². The third kappa shape index (κ3) is 3.44. The van der Waals surface area contributed by atoms with Gasteiger partial charge in [0.15, 0.2) is 0 Å². The van der Waals surface area contributed by atoms with Crippen LogP contribution in [0.4, 0.5) is 0 Å². The SMILES string of the molecule is Cc1nnc(S/C(=C\c2c(-c3ccccc3)[nH]c3c(C)cccc23)C(=O)O)o1. The first kappa shape index (κ1) is 18.1. The topological polar surface area (TPSA) is 92.0 Å². The first-order valence-electron chi connectivity index (χ1n) is 8.62. The fourth-order valence-corrected chi connectivity index (χ4v) is 3.74. The summed E-state index contributed by atoms with van der Waals surface area (Å²) in [6.07, 6.45) is 1.66. The summed E-state index contributed by atoms with van der Waals surface area (Å²) >= 11 is 0.940. The summed E-state index contributed by atoms with van der Waals surface area (Å²) in [6, 6.07) is 15.8. The predicted octanol–water partition coefficient (Wildman–Crippen LogP) is 5.05. The van der Waals surface area contributed by atoms with Gasteiger partial charge in [0.05, 0.1) is 5.69 Å². The maximum atomic E-state index is 11.9. The van der Waals surface area contributed by atoms with E-state index in [1.165, 1.54) is 0 Å². The normalized spacial score (nSPS) is 11.9. The van der Waals surface area contributed by atoms with E-state index in [-0.39, 0.29) is 10.1 Å². The number of thioether (sulfide) groups is 1. The quantitative estimate of drug-likeness (QED) is 0.365. The van der Waals surface area contributed by atoms with Crippen molar-refractivity contribution in [1.82, 2.24) is 15.2 Å². The number of nitrogens with zero attached hydrogens (tertiary/aromatic N) is 2. The van der Waals surface area contributed by atoms with Gasteiger partial charge in [0.2, 0.25) is 5.89 Å². The monoisotopic (exact) mass is 391 g/mol. The van der Waals surface area contributed by atoms with E-state index in [0.29, 0.717) is 5.89 Å². The average molecular weight is 391 g/mol. The Hall–Kier alpha value is -3.32. The van der Waals surface area contributed by atoms with Crippen LogP contribution in [0.15, 0.2) is 63.1 Å². The summed E-state index contributed by atoms with van der Waals surface area (Å²) in [5.74, 6) is -0.665. The zero-order valence-electron chi connectivity index (χ0n) is 15.3. The summed E-state index contributed by atoms with van der Waals surface area (Å²) < 4.78 is 5.33. The number of benzene rings is 2. The summed E-state index contributed by atoms with van der Waals surface area (Å²) in [7, 11) is 0. The molecule has 4 rings (SSSR count). The second-order valence-corrected chi connectivity index (χ2v) is 7.27. The van der Waals surface area contributed by atoms with Crippen LogP contribution in [0.1, 0.15) is 17.0 Å². The molecule has 0 aliphatic heterocycles. The maximum Gasteiger partial charge on any atom is 0.342 e. The number of hydrogen-bond donors (Lipinski definition) is 2. The molecule has 0 aliphatic carbocycles. The number of H-pyrrole nitrogens is 1. The molecule has 2 heterocycles. The molecule has 0 amide bonds. The standard InChI is InChI=1S/C21H17N3O3S/c1-12-7-6-10-15-16(19(22-18(12)15)14-8-4-3-5-9-14)11-17(20(25)26)28-21-24-23-13(2)27-21/h3-11,22H,1-2H3,(H,25,26)/b17-11-. The van der Waals surface area contributed by atoms with Crippen LogP contribution in [0.2, 0.25) is 0 Å². The van der Waals surface area contributed by atoms with E-state index in [2.05, 4.69) is 15.2 Å². The van der Waals surface area contributed by atoms with Crippen LogP contribution in [0.5, 0.6) is 0 Å². The molecule has 2 aromatic heterocycles. The van der Waals surface area contributed by atoms with Gasteiger partial charge in [-0.15, -0.1) is 10.2 Å². The molecule has 0 radical (unpaired) electrons. The largest absolute Gasteiger partial charge is 0.477 e. The number of aliphatic carboxylic acids is 1. The number of carbonyl (C=O) groups is 1. The van der Waals surface area contributed by atoms with Crippen LogP contribution >= 0.6 is 11.8 Å². The molecule has 0 bridgehead atoms. The smallest absolute Gasteiger partial charge is 0.342 e. The highest BCUT2D eigenvalue weighted by molar-refractivity contribution is 8.03. The Morgan fingerprint density at radius 2 is 1.89 bits per heavy atom. The fourth-order valence-electron chi connectivity index (χ4n) is 3.05. The number of aromatic nitrogens is 3. The summed E-state index contributed by atoms with van der Waals surface area (Å²) in [5.41, 5.74) is 4.73. The van der Waals surface area contributed by atoms with E-state index in [1.807, 2.05) is 55.5 Å². The van der Waals surface area contributed by atoms with Gasteiger partial charge in [0.1, 0.15) is 4.91 Å². The molecule has 0 saturated carbocycles. The molecule has 2 aromatic carbocycles. The molecule has 0 saturated heterocycles. The fraction of sp³-hybridized carbons (Fsp3) is 0.0952. The second-order valence-electron chi connectivity index (χ2n) is 6.28. The molecule has 0 spiro atoms. The maximum absolute atomic E-state index is 11.9. The Balaban J connectivity index is 1.91. The molecular weight excluding hydrogens is 374 g/mol. The van der Waals surface area contributed by atoms with Crippen molar-refractivity contribution in [3.8, 4) is 11.3 Å². The zero-order chi connectivity index (χ0) is 19.7. The number of carboxylic acids is 1. The highest BCUT2D eigenvalue weighted by Crippen LogP contribution is 2.36. The first-order valence-corrected chi connectivity index (χ1v) is 9.44. The molecule has 140 valence electrons. The molecular formula is C21H17N3O3S. The number of hydrogen-bond acceptors (Lipinski definition) is 5. The summed E-state index contributed by atoms with van der Waals surface area (Å²) in [6.45, 7) is 3.69. The number of aromatic amines is 1. The Morgan fingerprint density at radius 1 is 1.11 bits per heavy atom. The predicted molar refractivity (Wildman–Crippen MR) is 109 cm³/mol. The van der Waals surface area contributed by atoms with Gasteiger partial charge in [0, 0.05) is 23.4 Å².